The fourth-order valence-corrected chi connectivity index (χ4v) is 3.84. The smallest absolute Gasteiger partial charge is 0.339 e. The Kier molecular flexibility index (Phi) is 6.07. The van der Waals surface area contributed by atoms with Crippen LogP contribution in [0.2, 0.25) is 0 Å². The van der Waals surface area contributed by atoms with E-state index in [1.807, 2.05) is 6.07 Å². The molecular weight excluding hydrogens is 302 g/mol. The molecule has 1 aliphatic heterocycles. The lowest BCUT2D eigenvalue weighted by molar-refractivity contribution is 0.0526. The maximum absolute atomic E-state index is 11.6. The molecule has 1 aromatic rings. The van der Waals surface area contributed by atoms with Crippen molar-refractivity contribution in [2.45, 2.75) is 51.5 Å². The molecule has 2 fully saturated rings. The summed E-state index contributed by atoms with van der Waals surface area (Å²) in [6, 6.07) is 4.13. The highest BCUT2D eigenvalue weighted by atomic mass is 16.5. The van der Waals surface area contributed by atoms with Crippen LogP contribution in [0.1, 0.15) is 55.8 Å². The molecule has 1 N–H and O–H groups in total. The molecule has 1 saturated carbocycles. The number of esters is 1. The standard InChI is InChI=1S/C19H29N3O2/c1-2-24-19(23)16-7-8-18(20-13-16)21-17-9-11-22(12-10-17)14-15-5-3-4-6-15/h7-8,13,15,17H,2-6,9-12,14H2,1H3,(H,20,21). The van der Waals surface area contributed by atoms with Crippen molar-refractivity contribution in [3.05, 3.63) is 23.9 Å². The van der Waals surface area contributed by atoms with Gasteiger partial charge in [0.25, 0.3) is 0 Å². The van der Waals surface area contributed by atoms with Gasteiger partial charge in [-0.25, -0.2) is 9.78 Å². The molecule has 1 saturated heterocycles. The zero-order chi connectivity index (χ0) is 16.8. The summed E-state index contributed by atoms with van der Waals surface area (Å²) in [5.41, 5.74) is 0.508. The molecule has 24 heavy (non-hydrogen) atoms. The molecule has 3 rings (SSSR count). The quantitative estimate of drug-likeness (QED) is 0.810. The summed E-state index contributed by atoms with van der Waals surface area (Å²) in [6.45, 7) is 5.84. The minimum absolute atomic E-state index is 0.309. The molecule has 0 bridgehead atoms. The first kappa shape index (κ1) is 17.2. The second-order valence-corrected chi connectivity index (χ2v) is 7.02. The fraction of sp³-hybridized carbons (Fsp3) is 0.684. The average Bonchev–Trinajstić information content (AvgIpc) is 3.10. The number of nitrogens with zero attached hydrogens (tertiary/aromatic N) is 2. The summed E-state index contributed by atoms with van der Waals surface area (Å²) >= 11 is 0. The van der Waals surface area contributed by atoms with Crippen LogP contribution in [0, 0.1) is 5.92 Å². The number of piperidine rings is 1. The van der Waals surface area contributed by atoms with Crippen molar-refractivity contribution in [1.29, 1.82) is 0 Å². The number of carbonyl (C=O) groups excluding carboxylic acids is 1. The van der Waals surface area contributed by atoms with Crippen molar-refractivity contribution < 1.29 is 9.53 Å². The van der Waals surface area contributed by atoms with Crippen molar-refractivity contribution in [3.63, 3.8) is 0 Å². The number of rotatable bonds is 6. The van der Waals surface area contributed by atoms with Crippen LogP contribution in [0.25, 0.3) is 0 Å². The molecule has 0 radical (unpaired) electrons. The Morgan fingerprint density at radius 1 is 1.25 bits per heavy atom. The van der Waals surface area contributed by atoms with E-state index < -0.39 is 0 Å². The summed E-state index contributed by atoms with van der Waals surface area (Å²) in [7, 11) is 0. The largest absolute Gasteiger partial charge is 0.462 e. The van der Waals surface area contributed by atoms with Crippen molar-refractivity contribution in [1.82, 2.24) is 9.88 Å². The molecule has 5 nitrogen and oxygen atoms in total. The molecule has 5 heteroatoms. The summed E-state index contributed by atoms with van der Waals surface area (Å²) in [5.74, 6) is 1.47. The van der Waals surface area contributed by atoms with Crippen LogP contribution in [0.4, 0.5) is 5.82 Å². The number of carbonyl (C=O) groups is 1. The third-order valence-electron chi connectivity index (χ3n) is 5.21. The first-order chi connectivity index (χ1) is 11.7. The monoisotopic (exact) mass is 331 g/mol. The van der Waals surface area contributed by atoms with Crippen LogP contribution in [0.5, 0.6) is 0 Å². The maximum Gasteiger partial charge on any atom is 0.339 e. The highest BCUT2D eigenvalue weighted by molar-refractivity contribution is 5.89. The summed E-state index contributed by atoms with van der Waals surface area (Å²) in [5, 5.41) is 3.50. The van der Waals surface area contributed by atoms with Crippen molar-refractivity contribution in [2.75, 3.05) is 31.6 Å². The van der Waals surface area contributed by atoms with Gasteiger partial charge in [-0.2, -0.15) is 0 Å². The van der Waals surface area contributed by atoms with Gasteiger partial charge in [-0.1, -0.05) is 12.8 Å². The van der Waals surface area contributed by atoms with E-state index in [-0.39, 0.29) is 5.97 Å². The Morgan fingerprint density at radius 3 is 2.62 bits per heavy atom. The molecule has 0 atom stereocenters. The van der Waals surface area contributed by atoms with Crippen molar-refractivity contribution >= 4 is 11.8 Å². The molecule has 2 aliphatic rings. The van der Waals surface area contributed by atoms with Crippen LogP contribution in [0.15, 0.2) is 18.3 Å². The van der Waals surface area contributed by atoms with Crippen molar-refractivity contribution in [2.24, 2.45) is 5.92 Å². The van der Waals surface area contributed by atoms with Crippen LogP contribution >= 0.6 is 0 Å². The lowest BCUT2D eigenvalue weighted by atomic mass is 10.0. The van der Waals surface area contributed by atoms with E-state index in [1.54, 1.807) is 19.2 Å². The van der Waals surface area contributed by atoms with Gasteiger partial charge < -0.3 is 15.0 Å². The number of hydrogen-bond donors (Lipinski definition) is 1. The number of nitrogens with one attached hydrogen (secondary N) is 1. The number of ether oxygens (including phenoxy) is 1. The second-order valence-electron chi connectivity index (χ2n) is 7.02. The van der Waals surface area contributed by atoms with E-state index in [0.717, 1.165) is 24.6 Å². The number of hydrogen-bond acceptors (Lipinski definition) is 5. The number of pyridine rings is 1. The summed E-state index contributed by atoms with van der Waals surface area (Å²) in [6.07, 6.45) is 9.62. The lowest BCUT2D eigenvalue weighted by Gasteiger charge is -2.34. The minimum Gasteiger partial charge on any atom is -0.462 e. The van der Waals surface area contributed by atoms with Crippen LogP contribution in [0.3, 0.4) is 0 Å². The maximum atomic E-state index is 11.6. The fourth-order valence-electron chi connectivity index (χ4n) is 3.84. The zero-order valence-corrected chi connectivity index (χ0v) is 14.7. The molecular formula is C19H29N3O2. The number of aromatic nitrogens is 1. The van der Waals surface area contributed by atoms with E-state index in [2.05, 4.69) is 15.2 Å². The first-order valence-electron chi connectivity index (χ1n) is 9.36. The van der Waals surface area contributed by atoms with Gasteiger partial charge in [-0.3, -0.25) is 0 Å². The van der Waals surface area contributed by atoms with Gasteiger partial charge in [-0.15, -0.1) is 0 Å². The highest BCUT2D eigenvalue weighted by Crippen LogP contribution is 2.26. The van der Waals surface area contributed by atoms with Gasteiger partial charge in [0.05, 0.1) is 12.2 Å². The Bertz CT molecular complexity index is 518. The molecule has 132 valence electrons. The van der Waals surface area contributed by atoms with Gasteiger partial charge in [0, 0.05) is 31.9 Å². The second kappa shape index (κ2) is 8.47. The topological polar surface area (TPSA) is 54.5 Å². The minimum atomic E-state index is -0.309. The Balaban J connectivity index is 1.43. The molecule has 1 aliphatic carbocycles. The Hall–Kier alpha value is -1.62. The third-order valence-corrected chi connectivity index (χ3v) is 5.21. The first-order valence-corrected chi connectivity index (χ1v) is 9.36. The van der Waals surface area contributed by atoms with E-state index in [1.165, 1.54) is 45.3 Å². The normalized spacial score (nSPS) is 20.2. The molecule has 1 aromatic heterocycles. The van der Waals surface area contributed by atoms with Gasteiger partial charge in [0.1, 0.15) is 5.82 Å². The Labute approximate surface area is 144 Å². The Morgan fingerprint density at radius 2 is 2.00 bits per heavy atom. The SMILES string of the molecule is CCOC(=O)c1ccc(NC2CCN(CC3CCCC3)CC2)nc1. The highest BCUT2D eigenvalue weighted by Gasteiger charge is 2.23. The predicted molar refractivity (Wildman–Crippen MR) is 95.2 cm³/mol. The third kappa shape index (κ3) is 4.69. The van der Waals surface area contributed by atoms with Gasteiger partial charge in [-0.05, 0) is 50.7 Å². The van der Waals surface area contributed by atoms with Crippen molar-refractivity contribution in [3.8, 4) is 0 Å². The van der Waals surface area contributed by atoms with Gasteiger partial charge in [0.15, 0.2) is 0 Å². The van der Waals surface area contributed by atoms with Crippen LogP contribution in [-0.4, -0.2) is 48.1 Å². The molecule has 0 aromatic carbocycles. The van der Waals surface area contributed by atoms with E-state index >= 15 is 0 Å². The predicted octanol–water partition coefficient (Wildman–Crippen LogP) is 3.32. The van der Waals surface area contributed by atoms with E-state index in [0.29, 0.717) is 18.2 Å². The van der Waals surface area contributed by atoms with Gasteiger partial charge in [0.2, 0.25) is 0 Å². The molecule has 0 amide bonds. The van der Waals surface area contributed by atoms with Crippen LogP contribution in [-0.2, 0) is 4.74 Å². The zero-order valence-electron chi connectivity index (χ0n) is 14.7. The molecule has 2 heterocycles. The van der Waals surface area contributed by atoms with Crippen LogP contribution < -0.4 is 5.32 Å². The summed E-state index contributed by atoms with van der Waals surface area (Å²) < 4.78 is 4.98. The number of likely N-dealkylation sites (tertiary alicyclic amines) is 1. The van der Waals surface area contributed by atoms with Gasteiger partial charge >= 0.3 is 5.97 Å². The van der Waals surface area contributed by atoms with E-state index in [9.17, 15) is 4.79 Å². The lowest BCUT2D eigenvalue weighted by Crippen LogP contribution is -2.41. The molecule has 0 unspecified atom stereocenters. The van der Waals surface area contributed by atoms with E-state index in [4.69, 9.17) is 4.74 Å². The number of anilines is 1. The average molecular weight is 331 g/mol. The summed E-state index contributed by atoms with van der Waals surface area (Å²) in [4.78, 5) is 18.6. The molecule has 0 spiro atoms.